The molecule has 3 aromatic carbocycles. The average Bonchev–Trinajstić information content (AvgIpc) is 3.15. The van der Waals surface area contributed by atoms with Gasteiger partial charge in [-0.3, -0.25) is 0 Å². The highest BCUT2D eigenvalue weighted by Gasteiger charge is 2.49. The fourth-order valence-electron chi connectivity index (χ4n) is 5.33. The predicted molar refractivity (Wildman–Crippen MR) is 208 cm³/mol. The molecule has 55 heavy (non-hydrogen) atoms. The number of alkyl carbamates (subject to hydrolysis) is 1. The molecular formula is C36H38Cl6N4O9. The first-order chi connectivity index (χ1) is 26.2. The van der Waals surface area contributed by atoms with E-state index in [1.165, 1.54) is 6.92 Å². The van der Waals surface area contributed by atoms with Crippen LogP contribution in [0.5, 0.6) is 0 Å². The second-order valence-electron chi connectivity index (χ2n) is 12.1. The van der Waals surface area contributed by atoms with Crippen LogP contribution in [0.25, 0.3) is 10.4 Å². The number of rotatable bonds is 18. The number of amides is 1. The highest BCUT2D eigenvalue weighted by molar-refractivity contribution is 6.68. The summed E-state index contributed by atoms with van der Waals surface area (Å²) in [6, 6.07) is 25.4. The SMILES string of the molecule is C[C@@H](O[C@H]1O[C@H](COCc2ccccc2)[C@H](OCc2ccccc2)[C@H](OCc2ccccc2)[C@H]1N=[N+]=[N-])[C@@H](NC(=O)OCC(Cl)(Cl)Cl)C(=O)OCC(Cl)(Cl)Cl. The second-order valence-corrected chi connectivity index (χ2v) is 17.2. The summed E-state index contributed by atoms with van der Waals surface area (Å²) in [5, 5.41) is 6.35. The molecule has 0 aliphatic carbocycles. The lowest BCUT2D eigenvalue weighted by molar-refractivity contribution is -0.296. The lowest BCUT2D eigenvalue weighted by Gasteiger charge is -2.45. The Balaban J connectivity index is 1.66. The summed E-state index contributed by atoms with van der Waals surface area (Å²) in [4.78, 5) is 29.2. The molecule has 298 valence electrons. The highest BCUT2D eigenvalue weighted by Crippen LogP contribution is 2.33. The molecule has 1 amide bonds. The van der Waals surface area contributed by atoms with Crippen molar-refractivity contribution in [3.05, 3.63) is 118 Å². The van der Waals surface area contributed by atoms with Crippen molar-refractivity contribution in [2.75, 3.05) is 19.8 Å². The molecule has 0 unspecified atom stereocenters. The Hall–Kier alpha value is -2.75. The first-order valence-electron chi connectivity index (χ1n) is 16.7. The molecule has 0 radical (unpaired) electrons. The number of halogens is 6. The zero-order valence-corrected chi connectivity index (χ0v) is 33.8. The van der Waals surface area contributed by atoms with E-state index in [9.17, 15) is 15.1 Å². The maximum Gasteiger partial charge on any atom is 0.408 e. The van der Waals surface area contributed by atoms with Crippen LogP contribution >= 0.6 is 69.6 Å². The van der Waals surface area contributed by atoms with Crippen molar-refractivity contribution in [2.45, 2.75) is 77.1 Å². The van der Waals surface area contributed by atoms with E-state index in [4.69, 9.17) is 103 Å². The minimum atomic E-state index is -1.98. The summed E-state index contributed by atoms with van der Waals surface area (Å²) in [6.45, 7) is 0.547. The standard InChI is InChI=1S/C36H38Cl6N4O9/c1-23(28(32(47)52-21-35(37,38)39)44-34(48)53-22-36(40,41)42)54-33-29(45-46-43)31(51-19-26-15-9-4-10-16-26)30(50-18-25-13-7-3-8-14-25)27(55-33)20-49-17-24-11-5-2-6-12-24/h2-16,23,27-31,33H,17-22H2,1H3,(H,44,48)/t23-,27-,28-,29-,30+,31-,33+/m1/s1. The third-order valence-corrected chi connectivity index (χ3v) is 8.51. The number of carbonyl (C=O) groups excluding carboxylic acids is 2. The van der Waals surface area contributed by atoms with E-state index < -0.39 is 75.7 Å². The molecule has 1 heterocycles. The minimum absolute atomic E-state index is 0.0207. The monoisotopic (exact) mass is 880 g/mol. The number of nitrogens with one attached hydrogen (secondary N) is 1. The number of hydrogen-bond acceptors (Lipinski definition) is 10. The molecule has 1 aliphatic rings. The van der Waals surface area contributed by atoms with Crippen LogP contribution in [-0.2, 0) is 57.8 Å². The molecule has 1 N–H and O–H groups in total. The summed E-state index contributed by atoms with van der Waals surface area (Å²) in [7, 11) is 0. The van der Waals surface area contributed by atoms with Crippen LogP contribution in [0.4, 0.5) is 4.79 Å². The Morgan fingerprint density at radius 3 is 1.78 bits per heavy atom. The van der Waals surface area contributed by atoms with Gasteiger partial charge in [0.1, 0.15) is 37.6 Å². The Bertz CT molecular complexity index is 1670. The van der Waals surface area contributed by atoms with Gasteiger partial charge in [-0.1, -0.05) is 166 Å². The van der Waals surface area contributed by atoms with Gasteiger partial charge in [-0.2, -0.15) is 0 Å². The lowest BCUT2D eigenvalue weighted by atomic mass is 9.96. The molecule has 7 atom stereocenters. The summed E-state index contributed by atoms with van der Waals surface area (Å²) in [6.07, 6.45) is -6.60. The fourth-order valence-corrected chi connectivity index (χ4v) is 5.66. The first kappa shape index (κ1) is 45.0. The number of hydrogen-bond donors (Lipinski definition) is 1. The van der Waals surface area contributed by atoms with Gasteiger partial charge in [0.15, 0.2) is 12.3 Å². The van der Waals surface area contributed by atoms with Gasteiger partial charge >= 0.3 is 12.1 Å². The van der Waals surface area contributed by atoms with E-state index in [-0.39, 0.29) is 26.4 Å². The van der Waals surface area contributed by atoms with E-state index in [0.29, 0.717) is 0 Å². The maximum absolute atomic E-state index is 13.3. The van der Waals surface area contributed by atoms with Crippen molar-refractivity contribution in [1.82, 2.24) is 5.32 Å². The molecule has 1 saturated heterocycles. The molecule has 1 aliphatic heterocycles. The van der Waals surface area contributed by atoms with E-state index in [1.54, 1.807) is 0 Å². The molecule has 19 heteroatoms. The number of benzene rings is 3. The average molecular weight is 883 g/mol. The van der Waals surface area contributed by atoms with Crippen molar-refractivity contribution in [1.29, 1.82) is 0 Å². The number of esters is 1. The zero-order chi connectivity index (χ0) is 39.8. The van der Waals surface area contributed by atoms with E-state index in [1.807, 2.05) is 91.0 Å². The predicted octanol–water partition coefficient (Wildman–Crippen LogP) is 8.56. The normalized spacial score (nSPS) is 21.1. The van der Waals surface area contributed by atoms with Crippen molar-refractivity contribution >= 4 is 81.7 Å². The van der Waals surface area contributed by atoms with Gasteiger partial charge in [0.2, 0.25) is 7.59 Å². The van der Waals surface area contributed by atoms with Crippen molar-refractivity contribution in [2.24, 2.45) is 5.11 Å². The molecule has 4 rings (SSSR count). The summed E-state index contributed by atoms with van der Waals surface area (Å²) in [5.41, 5.74) is 12.4. The second kappa shape index (κ2) is 22.3. The summed E-state index contributed by atoms with van der Waals surface area (Å²) < 4.78 is 38.0. The van der Waals surface area contributed by atoms with Crippen molar-refractivity contribution in [3.8, 4) is 0 Å². The fraction of sp³-hybridized carbons (Fsp3) is 0.444. The Labute approximate surface area is 348 Å². The number of nitrogens with zero attached hydrogens (tertiary/aromatic N) is 3. The molecule has 0 aromatic heterocycles. The molecule has 0 saturated carbocycles. The number of alkyl halides is 6. The first-order valence-corrected chi connectivity index (χ1v) is 19.0. The van der Waals surface area contributed by atoms with Crippen LogP contribution in [0.1, 0.15) is 23.6 Å². The zero-order valence-electron chi connectivity index (χ0n) is 29.2. The molecule has 0 spiro atoms. The molecular weight excluding hydrogens is 845 g/mol. The number of carbonyl (C=O) groups is 2. The van der Waals surface area contributed by atoms with Gasteiger partial charge in [0, 0.05) is 4.91 Å². The lowest BCUT2D eigenvalue weighted by Crippen LogP contribution is -2.62. The van der Waals surface area contributed by atoms with Crippen molar-refractivity contribution in [3.63, 3.8) is 0 Å². The van der Waals surface area contributed by atoms with Crippen LogP contribution in [0.2, 0.25) is 0 Å². The van der Waals surface area contributed by atoms with Gasteiger partial charge in [0.05, 0.1) is 32.5 Å². The third kappa shape index (κ3) is 16.0. The van der Waals surface area contributed by atoms with Gasteiger partial charge in [-0.15, -0.1) is 0 Å². The molecule has 3 aromatic rings. The Morgan fingerprint density at radius 2 is 1.27 bits per heavy atom. The topological polar surface area (TPSA) is 160 Å². The third-order valence-electron chi connectivity index (χ3n) is 7.85. The van der Waals surface area contributed by atoms with Crippen LogP contribution in [0.15, 0.2) is 96.1 Å². The van der Waals surface area contributed by atoms with Crippen molar-refractivity contribution < 1.29 is 42.7 Å². The van der Waals surface area contributed by atoms with Crippen LogP contribution in [-0.4, -0.2) is 82.3 Å². The number of ether oxygens (including phenoxy) is 7. The molecule has 0 bridgehead atoms. The van der Waals surface area contributed by atoms with E-state index in [0.717, 1.165) is 16.7 Å². The quantitative estimate of drug-likeness (QED) is 0.0434. The van der Waals surface area contributed by atoms with Gasteiger partial charge < -0.3 is 38.5 Å². The molecule has 13 nitrogen and oxygen atoms in total. The Morgan fingerprint density at radius 1 is 0.782 bits per heavy atom. The van der Waals surface area contributed by atoms with Gasteiger partial charge in [0.25, 0.3) is 0 Å². The number of azide groups is 1. The Kier molecular flexibility index (Phi) is 18.2. The smallest absolute Gasteiger partial charge is 0.408 e. The molecule has 1 fully saturated rings. The van der Waals surface area contributed by atoms with Gasteiger partial charge in [-0.25, -0.2) is 9.59 Å². The van der Waals surface area contributed by atoms with Gasteiger partial charge in [-0.05, 0) is 29.1 Å². The summed E-state index contributed by atoms with van der Waals surface area (Å²) >= 11 is 34.6. The largest absolute Gasteiger partial charge is 0.460 e. The highest BCUT2D eigenvalue weighted by atomic mass is 35.6. The van der Waals surface area contributed by atoms with E-state index >= 15 is 0 Å². The van der Waals surface area contributed by atoms with E-state index in [2.05, 4.69) is 15.3 Å². The summed E-state index contributed by atoms with van der Waals surface area (Å²) in [5.74, 6) is -1.08. The maximum atomic E-state index is 13.3. The van der Waals surface area contributed by atoms with Crippen LogP contribution in [0.3, 0.4) is 0 Å². The van der Waals surface area contributed by atoms with Crippen LogP contribution < -0.4 is 5.32 Å². The van der Waals surface area contributed by atoms with Crippen LogP contribution in [0, 0.1) is 0 Å². The minimum Gasteiger partial charge on any atom is -0.460 e.